The molecule has 15 rings (SSSR count). The van der Waals surface area contributed by atoms with E-state index < -0.39 is 5.41 Å². The second-order valence-electron chi connectivity index (χ2n) is 21.7. The number of rotatable bonds is 13. The van der Waals surface area contributed by atoms with Gasteiger partial charge >= 0.3 is 0 Å². The number of benzene rings is 12. The summed E-state index contributed by atoms with van der Waals surface area (Å²) < 4.78 is 2.27. The van der Waals surface area contributed by atoms with E-state index in [4.69, 9.17) is 5.10 Å². The topological polar surface area (TPSA) is 20.5 Å². The van der Waals surface area contributed by atoms with Crippen LogP contribution in [-0.4, -0.2) is 9.61 Å². The normalized spacial score (nSPS) is 12.3. The van der Waals surface area contributed by atoms with E-state index in [2.05, 4.69) is 331 Å². The standard InChI is InChI=1S/C80H57N3/c1-8-28-56(29-9-1)52-61-38-22-23-43-67(61)68-50-48-65(54-62(68)53-57-30-10-2-11-31-57)82(66-49-51-70-69-44-26-27-47-73(69)80(74(70)55-66,63-39-18-6-19-40-63)64-41-20-7-21-42-64)79-72-46-25-24-45-71(72)78-75(58-32-12-3-13-33-58)76(59-34-14-4-15-35-59)81-83(78)77(79)60-36-16-5-17-37-60/h1-51,54-55H,52-53H2. The Balaban J connectivity index is 1.08. The highest BCUT2D eigenvalue weighted by molar-refractivity contribution is 6.16. The van der Waals surface area contributed by atoms with Gasteiger partial charge in [-0.2, -0.15) is 5.10 Å². The molecule has 0 saturated carbocycles. The molecule has 0 unspecified atom stereocenters. The van der Waals surface area contributed by atoms with Gasteiger partial charge in [-0.3, -0.25) is 0 Å². The van der Waals surface area contributed by atoms with Gasteiger partial charge in [0.15, 0.2) is 0 Å². The minimum absolute atomic E-state index is 0.633. The Morgan fingerprint density at radius 1 is 0.337 bits per heavy atom. The van der Waals surface area contributed by atoms with Crippen LogP contribution < -0.4 is 4.90 Å². The van der Waals surface area contributed by atoms with Crippen molar-refractivity contribution in [2.45, 2.75) is 18.3 Å². The number of pyridine rings is 1. The lowest BCUT2D eigenvalue weighted by atomic mass is 9.67. The van der Waals surface area contributed by atoms with E-state index >= 15 is 0 Å². The van der Waals surface area contributed by atoms with E-state index in [0.717, 1.165) is 79.8 Å². The summed E-state index contributed by atoms with van der Waals surface area (Å²) in [4.78, 5) is 2.56. The molecule has 0 saturated heterocycles. The zero-order valence-corrected chi connectivity index (χ0v) is 45.9. The molecule has 0 spiro atoms. The van der Waals surface area contributed by atoms with Gasteiger partial charge in [0, 0.05) is 38.8 Å². The number of hydrogen-bond donors (Lipinski definition) is 0. The average molecular weight is 1060 g/mol. The average Bonchev–Trinajstić information content (AvgIpc) is 2.09. The van der Waals surface area contributed by atoms with Gasteiger partial charge in [0.1, 0.15) is 5.69 Å². The third-order valence-electron chi connectivity index (χ3n) is 17.0. The van der Waals surface area contributed by atoms with Crippen molar-refractivity contribution < 1.29 is 0 Å². The molecule has 0 bridgehead atoms. The molecule has 1 aliphatic carbocycles. The van der Waals surface area contributed by atoms with Crippen molar-refractivity contribution in [1.29, 1.82) is 0 Å². The summed E-state index contributed by atoms with van der Waals surface area (Å²) >= 11 is 0. The monoisotopic (exact) mass is 1060 g/mol. The molecule has 392 valence electrons. The maximum absolute atomic E-state index is 5.86. The van der Waals surface area contributed by atoms with E-state index in [-0.39, 0.29) is 0 Å². The lowest BCUT2D eigenvalue weighted by Crippen LogP contribution is -2.28. The first-order chi connectivity index (χ1) is 41.2. The Kier molecular flexibility index (Phi) is 12.6. The third-order valence-corrected chi connectivity index (χ3v) is 17.0. The molecule has 0 aliphatic heterocycles. The second kappa shape index (κ2) is 21.1. The zero-order chi connectivity index (χ0) is 55.1. The molecule has 0 amide bonds. The number of aromatic nitrogens is 2. The summed E-state index contributed by atoms with van der Waals surface area (Å²) in [6.07, 6.45) is 1.55. The van der Waals surface area contributed by atoms with E-state index in [0.29, 0.717) is 0 Å². The van der Waals surface area contributed by atoms with E-state index in [9.17, 15) is 0 Å². The van der Waals surface area contributed by atoms with Crippen LogP contribution in [0.3, 0.4) is 0 Å². The molecule has 2 aromatic heterocycles. The number of anilines is 3. The van der Waals surface area contributed by atoms with Crippen molar-refractivity contribution in [2.24, 2.45) is 0 Å². The van der Waals surface area contributed by atoms with Crippen molar-refractivity contribution >= 4 is 33.4 Å². The number of hydrogen-bond acceptors (Lipinski definition) is 2. The Morgan fingerprint density at radius 2 is 0.783 bits per heavy atom. The largest absolute Gasteiger partial charge is 0.308 e. The molecule has 3 heteroatoms. The summed E-state index contributed by atoms with van der Waals surface area (Å²) in [5, 5.41) is 8.08. The smallest absolute Gasteiger partial charge is 0.101 e. The van der Waals surface area contributed by atoms with Crippen LogP contribution in [-0.2, 0) is 18.3 Å². The molecule has 1 aliphatic rings. The van der Waals surface area contributed by atoms with Crippen LogP contribution in [0.2, 0.25) is 0 Å². The Hall–Kier alpha value is -10.6. The van der Waals surface area contributed by atoms with Crippen molar-refractivity contribution in [3.8, 4) is 55.9 Å². The lowest BCUT2D eigenvalue weighted by Gasteiger charge is -2.35. The van der Waals surface area contributed by atoms with Crippen LogP contribution in [0.5, 0.6) is 0 Å². The van der Waals surface area contributed by atoms with Crippen molar-refractivity contribution in [2.75, 3.05) is 4.90 Å². The minimum atomic E-state index is -0.633. The quantitative estimate of drug-likeness (QED) is 0.115. The molecule has 14 aromatic rings. The maximum Gasteiger partial charge on any atom is 0.101 e. The van der Waals surface area contributed by atoms with Gasteiger partial charge < -0.3 is 4.90 Å². The highest BCUT2D eigenvalue weighted by atomic mass is 15.3. The summed E-state index contributed by atoms with van der Waals surface area (Å²) in [6.45, 7) is 0. The fourth-order valence-electron chi connectivity index (χ4n) is 13.4. The molecule has 0 radical (unpaired) electrons. The highest BCUT2D eigenvalue weighted by Crippen LogP contribution is 2.58. The number of fused-ring (bicyclic) bond motifs is 6. The van der Waals surface area contributed by atoms with Gasteiger partial charge in [-0.05, 0) is 109 Å². The second-order valence-corrected chi connectivity index (χ2v) is 21.7. The predicted molar refractivity (Wildman–Crippen MR) is 345 cm³/mol. The summed E-state index contributed by atoms with van der Waals surface area (Å²) in [5.41, 5.74) is 24.7. The van der Waals surface area contributed by atoms with E-state index in [1.807, 2.05) is 0 Å². The first-order valence-corrected chi connectivity index (χ1v) is 28.8. The Bertz CT molecular complexity index is 4590. The van der Waals surface area contributed by atoms with Gasteiger partial charge in [-0.25, -0.2) is 4.52 Å². The molecular weight excluding hydrogens is 1000 g/mol. The fourth-order valence-corrected chi connectivity index (χ4v) is 13.4. The highest BCUT2D eigenvalue weighted by Gasteiger charge is 2.46. The third kappa shape index (κ3) is 8.56. The molecule has 83 heavy (non-hydrogen) atoms. The predicted octanol–water partition coefficient (Wildman–Crippen LogP) is 20.2. The number of nitrogens with zero attached hydrogens (tertiary/aromatic N) is 3. The maximum atomic E-state index is 5.86. The van der Waals surface area contributed by atoms with Crippen LogP contribution in [0.25, 0.3) is 72.2 Å². The van der Waals surface area contributed by atoms with Crippen molar-refractivity contribution in [3.05, 3.63) is 366 Å². The molecule has 3 nitrogen and oxygen atoms in total. The fraction of sp³-hybridized carbons (Fsp3) is 0.0375. The first kappa shape index (κ1) is 49.4. The molecule has 2 heterocycles. The van der Waals surface area contributed by atoms with Crippen LogP contribution in [0.4, 0.5) is 17.1 Å². The van der Waals surface area contributed by atoms with Crippen LogP contribution >= 0.6 is 0 Å². The molecule has 12 aromatic carbocycles. The zero-order valence-electron chi connectivity index (χ0n) is 45.9. The van der Waals surface area contributed by atoms with Gasteiger partial charge in [0.25, 0.3) is 0 Å². The van der Waals surface area contributed by atoms with Gasteiger partial charge in [0.05, 0.1) is 22.3 Å². The van der Waals surface area contributed by atoms with Crippen LogP contribution in [0.15, 0.2) is 322 Å². The van der Waals surface area contributed by atoms with Crippen molar-refractivity contribution in [3.63, 3.8) is 0 Å². The molecular formula is C80H57N3. The van der Waals surface area contributed by atoms with E-state index in [1.165, 1.54) is 66.8 Å². The van der Waals surface area contributed by atoms with Crippen LogP contribution in [0.1, 0.15) is 44.5 Å². The van der Waals surface area contributed by atoms with Gasteiger partial charge in [-0.1, -0.05) is 297 Å². The molecule has 0 fully saturated rings. The first-order valence-electron chi connectivity index (χ1n) is 28.8. The molecule has 0 N–H and O–H groups in total. The SMILES string of the molecule is c1ccc(Cc2ccccc2-c2ccc(N(c3ccc4c(c3)C(c3ccccc3)(c3ccccc3)c3ccccc3-4)c3c(-c4ccccc4)n4nc(-c5ccccc5)c(-c5ccccc5)c4c4ccccc34)cc2Cc2ccccc2)cc1. The molecule has 0 atom stereocenters. The van der Waals surface area contributed by atoms with E-state index in [1.54, 1.807) is 0 Å². The lowest BCUT2D eigenvalue weighted by molar-refractivity contribution is 0.768. The summed E-state index contributed by atoms with van der Waals surface area (Å²) in [6, 6.07) is 118. The van der Waals surface area contributed by atoms with Gasteiger partial charge in [-0.15, -0.1) is 0 Å². The Labute approximate surface area is 485 Å². The Morgan fingerprint density at radius 3 is 1.41 bits per heavy atom. The van der Waals surface area contributed by atoms with Crippen molar-refractivity contribution in [1.82, 2.24) is 9.61 Å². The summed E-state index contributed by atoms with van der Waals surface area (Å²) in [7, 11) is 0. The summed E-state index contributed by atoms with van der Waals surface area (Å²) in [5.74, 6) is 0. The van der Waals surface area contributed by atoms with Crippen LogP contribution in [0, 0.1) is 0 Å². The minimum Gasteiger partial charge on any atom is -0.308 e. The van der Waals surface area contributed by atoms with Gasteiger partial charge in [0.2, 0.25) is 0 Å².